The van der Waals surface area contributed by atoms with Crippen LogP contribution in [0.15, 0.2) is 57.6 Å². The summed E-state index contributed by atoms with van der Waals surface area (Å²) in [6.45, 7) is 2.72. The molecular formula is C21H20FN5O2S2. The number of carbonyl (C=O) groups excluding carboxylic acids is 1. The molecule has 1 amide bonds. The van der Waals surface area contributed by atoms with Crippen LogP contribution in [0.2, 0.25) is 0 Å². The van der Waals surface area contributed by atoms with Crippen molar-refractivity contribution in [3.05, 3.63) is 64.6 Å². The number of benzene rings is 1. The molecule has 3 heterocycles. The van der Waals surface area contributed by atoms with Gasteiger partial charge in [-0.15, -0.1) is 21.5 Å². The van der Waals surface area contributed by atoms with Gasteiger partial charge in [-0.3, -0.25) is 9.36 Å². The van der Waals surface area contributed by atoms with Crippen LogP contribution in [0.1, 0.15) is 35.3 Å². The van der Waals surface area contributed by atoms with Crippen molar-refractivity contribution in [1.82, 2.24) is 25.1 Å². The summed E-state index contributed by atoms with van der Waals surface area (Å²) in [4.78, 5) is 16.6. The first-order valence-electron chi connectivity index (χ1n) is 9.76. The van der Waals surface area contributed by atoms with Gasteiger partial charge in [0.1, 0.15) is 16.5 Å². The van der Waals surface area contributed by atoms with Crippen molar-refractivity contribution < 1.29 is 13.6 Å². The van der Waals surface area contributed by atoms with E-state index in [1.165, 1.54) is 35.2 Å². The van der Waals surface area contributed by atoms with E-state index in [4.69, 9.17) is 4.42 Å². The molecule has 3 aromatic heterocycles. The molecule has 0 spiro atoms. The number of hydrogen-bond acceptors (Lipinski definition) is 7. The van der Waals surface area contributed by atoms with E-state index < -0.39 is 0 Å². The van der Waals surface area contributed by atoms with Crippen molar-refractivity contribution >= 4 is 29.0 Å². The minimum absolute atomic E-state index is 0.157. The van der Waals surface area contributed by atoms with Crippen molar-refractivity contribution in [2.45, 2.75) is 30.7 Å². The Morgan fingerprint density at radius 1 is 1.26 bits per heavy atom. The molecule has 1 aromatic carbocycles. The summed E-state index contributed by atoms with van der Waals surface area (Å²) in [7, 11) is 0. The van der Waals surface area contributed by atoms with Gasteiger partial charge in [-0.1, -0.05) is 25.1 Å². The maximum atomic E-state index is 13.4. The molecule has 160 valence electrons. The molecular weight excluding hydrogens is 437 g/mol. The van der Waals surface area contributed by atoms with Gasteiger partial charge in [0, 0.05) is 11.9 Å². The number of nitrogens with zero attached hydrogens (tertiary/aromatic N) is 4. The largest absolute Gasteiger partial charge is 0.461 e. The zero-order valence-electron chi connectivity index (χ0n) is 16.7. The third-order valence-corrected chi connectivity index (χ3v) is 6.36. The van der Waals surface area contributed by atoms with Gasteiger partial charge in [-0.05, 0) is 42.8 Å². The number of nitrogens with one attached hydrogen (secondary N) is 1. The third kappa shape index (κ3) is 5.02. The molecule has 7 nitrogen and oxygen atoms in total. The van der Waals surface area contributed by atoms with Gasteiger partial charge in [0.2, 0.25) is 5.82 Å². The van der Waals surface area contributed by atoms with Gasteiger partial charge >= 0.3 is 0 Å². The standard InChI is InChI=1S/C21H20FN5O2S2/c1-2-3-10-23-20(28)16-12-30-18(24-16)13-31-21-26-25-19(17-5-4-11-29-17)27(21)15-8-6-14(22)7-9-15/h4-9,11-12H,2-3,10,13H2,1H3,(H,23,28). The Morgan fingerprint density at radius 3 is 2.84 bits per heavy atom. The van der Waals surface area contributed by atoms with Crippen molar-refractivity contribution in [2.24, 2.45) is 0 Å². The highest BCUT2D eigenvalue weighted by atomic mass is 32.2. The average molecular weight is 458 g/mol. The fourth-order valence-electron chi connectivity index (χ4n) is 2.83. The monoisotopic (exact) mass is 457 g/mol. The van der Waals surface area contributed by atoms with Crippen LogP contribution < -0.4 is 5.32 Å². The molecule has 0 bridgehead atoms. The molecule has 0 fully saturated rings. The number of aromatic nitrogens is 4. The van der Waals surface area contributed by atoms with Crippen LogP contribution >= 0.6 is 23.1 Å². The van der Waals surface area contributed by atoms with Crippen LogP contribution in [0.25, 0.3) is 17.3 Å². The maximum absolute atomic E-state index is 13.4. The third-order valence-electron chi connectivity index (χ3n) is 4.38. The Hall–Kier alpha value is -2.98. The van der Waals surface area contributed by atoms with E-state index in [0.29, 0.717) is 34.7 Å². The van der Waals surface area contributed by atoms with Crippen molar-refractivity contribution in [2.75, 3.05) is 6.54 Å². The maximum Gasteiger partial charge on any atom is 0.270 e. The summed E-state index contributed by atoms with van der Waals surface area (Å²) < 4.78 is 20.7. The van der Waals surface area contributed by atoms with Crippen LogP contribution in [0.5, 0.6) is 0 Å². The number of thioether (sulfide) groups is 1. The molecule has 0 radical (unpaired) electrons. The summed E-state index contributed by atoms with van der Waals surface area (Å²) in [5.41, 5.74) is 1.14. The van der Waals surface area contributed by atoms with E-state index in [-0.39, 0.29) is 11.7 Å². The van der Waals surface area contributed by atoms with Crippen LogP contribution in [0.3, 0.4) is 0 Å². The van der Waals surface area contributed by atoms with Crippen molar-refractivity contribution in [1.29, 1.82) is 0 Å². The Kier molecular flexibility index (Phi) is 6.78. The first kappa shape index (κ1) is 21.3. The van der Waals surface area contributed by atoms with Crippen molar-refractivity contribution in [3.8, 4) is 17.3 Å². The van der Waals surface area contributed by atoms with E-state index >= 15 is 0 Å². The summed E-state index contributed by atoms with van der Waals surface area (Å²) in [6.07, 6.45) is 3.53. The van der Waals surface area contributed by atoms with Gasteiger partial charge < -0.3 is 9.73 Å². The lowest BCUT2D eigenvalue weighted by Gasteiger charge is -2.08. The van der Waals surface area contributed by atoms with Crippen LogP contribution in [0.4, 0.5) is 4.39 Å². The van der Waals surface area contributed by atoms with E-state index in [2.05, 4.69) is 27.4 Å². The number of unbranched alkanes of at least 4 members (excludes halogenated alkanes) is 1. The minimum Gasteiger partial charge on any atom is -0.461 e. The van der Waals surface area contributed by atoms with E-state index in [9.17, 15) is 9.18 Å². The number of rotatable bonds is 9. The molecule has 0 saturated heterocycles. The van der Waals surface area contributed by atoms with Crippen LogP contribution in [0, 0.1) is 5.82 Å². The van der Waals surface area contributed by atoms with E-state index in [1.54, 1.807) is 35.9 Å². The molecule has 0 aliphatic rings. The molecule has 0 atom stereocenters. The van der Waals surface area contributed by atoms with Crippen molar-refractivity contribution in [3.63, 3.8) is 0 Å². The molecule has 4 aromatic rings. The molecule has 10 heteroatoms. The Bertz CT molecular complexity index is 1140. The van der Waals surface area contributed by atoms with Crippen LogP contribution in [-0.2, 0) is 5.75 Å². The Morgan fingerprint density at radius 2 is 2.10 bits per heavy atom. The van der Waals surface area contributed by atoms with Gasteiger partial charge in [-0.25, -0.2) is 9.37 Å². The molecule has 4 rings (SSSR count). The highest BCUT2D eigenvalue weighted by molar-refractivity contribution is 7.98. The second kappa shape index (κ2) is 9.88. The number of carbonyl (C=O) groups is 1. The van der Waals surface area contributed by atoms with Crippen LogP contribution in [-0.4, -0.2) is 32.2 Å². The Labute approximate surface area is 186 Å². The quantitative estimate of drug-likeness (QED) is 0.283. The number of hydrogen-bond donors (Lipinski definition) is 1. The lowest BCUT2D eigenvalue weighted by atomic mass is 10.3. The molecule has 0 saturated carbocycles. The highest BCUT2D eigenvalue weighted by Crippen LogP contribution is 2.30. The second-order valence-electron chi connectivity index (χ2n) is 6.62. The summed E-state index contributed by atoms with van der Waals surface area (Å²) >= 11 is 2.86. The first-order chi connectivity index (χ1) is 15.2. The molecule has 1 N–H and O–H groups in total. The normalized spacial score (nSPS) is 11.0. The highest BCUT2D eigenvalue weighted by Gasteiger charge is 2.19. The number of thiazole rings is 1. The lowest BCUT2D eigenvalue weighted by molar-refractivity contribution is 0.0948. The van der Waals surface area contributed by atoms with E-state index in [0.717, 1.165) is 23.5 Å². The number of halogens is 1. The van der Waals surface area contributed by atoms with E-state index in [1.807, 2.05) is 4.57 Å². The zero-order valence-corrected chi connectivity index (χ0v) is 18.4. The molecule has 0 unspecified atom stereocenters. The van der Waals surface area contributed by atoms with Gasteiger partial charge in [0.15, 0.2) is 10.9 Å². The number of furan rings is 1. The number of amides is 1. The molecule has 31 heavy (non-hydrogen) atoms. The minimum atomic E-state index is -0.321. The predicted molar refractivity (Wildman–Crippen MR) is 118 cm³/mol. The SMILES string of the molecule is CCCCNC(=O)c1csc(CSc2nnc(-c3ccco3)n2-c2ccc(F)cc2)n1. The Balaban J connectivity index is 1.53. The first-order valence-corrected chi connectivity index (χ1v) is 11.6. The smallest absolute Gasteiger partial charge is 0.270 e. The second-order valence-corrected chi connectivity index (χ2v) is 8.51. The fourth-order valence-corrected chi connectivity index (χ4v) is 4.57. The average Bonchev–Trinajstić information content (AvgIpc) is 3.53. The summed E-state index contributed by atoms with van der Waals surface area (Å²) in [5, 5.41) is 14.6. The zero-order chi connectivity index (χ0) is 21.6. The summed E-state index contributed by atoms with van der Waals surface area (Å²) in [5.74, 6) is 1.12. The fraction of sp³-hybridized carbons (Fsp3) is 0.238. The molecule has 0 aliphatic heterocycles. The lowest BCUT2D eigenvalue weighted by Crippen LogP contribution is -2.24. The van der Waals surface area contributed by atoms with Gasteiger partial charge in [0.05, 0.1) is 17.7 Å². The predicted octanol–water partition coefficient (Wildman–Crippen LogP) is 4.95. The van der Waals surface area contributed by atoms with Gasteiger partial charge in [0.25, 0.3) is 5.91 Å². The topological polar surface area (TPSA) is 85.8 Å². The van der Waals surface area contributed by atoms with Gasteiger partial charge in [-0.2, -0.15) is 0 Å². The molecule has 0 aliphatic carbocycles. The summed E-state index contributed by atoms with van der Waals surface area (Å²) in [6, 6.07) is 9.67.